The van der Waals surface area contributed by atoms with Crippen molar-refractivity contribution in [1.82, 2.24) is 4.90 Å². The van der Waals surface area contributed by atoms with Gasteiger partial charge in [-0.15, -0.1) is 0 Å². The van der Waals surface area contributed by atoms with Gasteiger partial charge in [0.1, 0.15) is 0 Å². The minimum absolute atomic E-state index is 0.150. The van der Waals surface area contributed by atoms with E-state index in [0.29, 0.717) is 25.8 Å². The predicted octanol–water partition coefficient (Wildman–Crippen LogP) is -0.329. The molecule has 0 fully saturated rings. The number of carbonyl (C=O) groups excluding carboxylic acids is 3. The fourth-order valence-electron chi connectivity index (χ4n) is 2.12. The van der Waals surface area contributed by atoms with Crippen molar-refractivity contribution < 1.29 is 32.7 Å². The maximum atomic E-state index is 12.7. The summed E-state index contributed by atoms with van der Waals surface area (Å²) in [6, 6.07) is -1.97. The minimum atomic E-state index is -5.35. The Labute approximate surface area is 138 Å². The van der Waals surface area contributed by atoms with E-state index in [1.54, 1.807) is 0 Å². The molecule has 0 aromatic heterocycles. The third kappa shape index (κ3) is 7.73. The second kappa shape index (κ2) is 11.0. The summed E-state index contributed by atoms with van der Waals surface area (Å²) in [6.07, 6.45) is -4.30. The van der Waals surface area contributed by atoms with Gasteiger partial charge in [-0.1, -0.05) is 6.42 Å². The summed E-state index contributed by atoms with van der Waals surface area (Å²) in [4.78, 5) is 34.5. The van der Waals surface area contributed by atoms with Crippen molar-refractivity contribution in [2.24, 2.45) is 11.5 Å². The van der Waals surface area contributed by atoms with Gasteiger partial charge < -0.3 is 21.4 Å². The number of halogens is 3. The van der Waals surface area contributed by atoms with E-state index in [2.05, 4.69) is 0 Å². The number of unbranched alkanes of at least 4 members (excludes halogenated alkanes) is 3. The van der Waals surface area contributed by atoms with Crippen LogP contribution in [0.25, 0.3) is 0 Å². The van der Waals surface area contributed by atoms with Gasteiger partial charge in [0.15, 0.2) is 0 Å². The molecule has 10 heteroatoms. The van der Waals surface area contributed by atoms with E-state index < -0.39 is 30.0 Å². The average molecular weight is 354 g/mol. The zero-order chi connectivity index (χ0) is 18.8. The summed E-state index contributed by atoms with van der Waals surface area (Å²) >= 11 is 0. The van der Waals surface area contributed by atoms with Crippen LogP contribution in [0.1, 0.15) is 44.9 Å². The lowest BCUT2D eigenvalue weighted by atomic mass is 10.1. The number of hydrogen-bond donors (Lipinski definition) is 2. The smallest absolute Gasteiger partial charge is 0.471 e. The molecule has 24 heavy (non-hydrogen) atoms. The monoisotopic (exact) mass is 354 g/mol. The molecule has 0 aromatic carbocycles. The normalized spacial score (nSPS) is 12.7. The van der Waals surface area contributed by atoms with E-state index >= 15 is 0 Å². The molecule has 0 heterocycles. The van der Waals surface area contributed by atoms with Gasteiger partial charge in [0.05, 0.1) is 12.0 Å². The molecule has 2 amide bonds. The predicted molar refractivity (Wildman–Crippen MR) is 77.1 cm³/mol. The minimum Gasteiger partial charge on any atom is -0.548 e. The van der Waals surface area contributed by atoms with Crippen LogP contribution in [0.2, 0.25) is 0 Å². The van der Waals surface area contributed by atoms with Crippen LogP contribution in [-0.4, -0.2) is 48.0 Å². The number of nitrogens with two attached hydrogens (primary N) is 2. The number of carboxylic acid groups (broad SMARTS) is 1. The molecule has 1 atom stereocenters. The molecule has 7 nitrogen and oxygen atoms in total. The molecule has 0 aliphatic carbocycles. The van der Waals surface area contributed by atoms with Crippen LogP contribution in [-0.2, 0) is 14.4 Å². The Morgan fingerprint density at radius 1 is 0.958 bits per heavy atom. The zero-order valence-corrected chi connectivity index (χ0v) is 13.3. The van der Waals surface area contributed by atoms with Gasteiger partial charge in [0, 0.05) is 6.42 Å². The first-order valence-corrected chi connectivity index (χ1v) is 7.71. The summed E-state index contributed by atoms with van der Waals surface area (Å²) < 4.78 is 38.2. The molecule has 0 saturated heterocycles. The number of aliphatic carboxylic acids is 1. The van der Waals surface area contributed by atoms with Crippen molar-refractivity contribution >= 4 is 17.8 Å². The van der Waals surface area contributed by atoms with E-state index in [-0.39, 0.29) is 37.1 Å². The fraction of sp³-hybridized carbons (Fsp3) is 0.786. The molecule has 0 aliphatic heterocycles. The first kappa shape index (κ1) is 22.3. The summed E-state index contributed by atoms with van der Waals surface area (Å²) in [5.74, 6) is -5.58. The van der Waals surface area contributed by atoms with Crippen LogP contribution in [0.3, 0.4) is 0 Å². The summed E-state index contributed by atoms with van der Waals surface area (Å²) in [5.41, 5.74) is 10.5. The third-order valence-corrected chi connectivity index (χ3v) is 3.34. The van der Waals surface area contributed by atoms with Crippen LogP contribution in [0, 0.1) is 0 Å². The average Bonchev–Trinajstić information content (AvgIpc) is 2.49. The Kier molecular flexibility index (Phi) is 10.2. The van der Waals surface area contributed by atoms with Crippen molar-refractivity contribution in [1.29, 1.82) is 0 Å². The van der Waals surface area contributed by atoms with Crippen molar-refractivity contribution in [3.8, 4) is 0 Å². The number of amides is 2. The molecule has 0 radical (unpaired) electrons. The lowest BCUT2D eigenvalue weighted by molar-refractivity contribution is -0.311. The number of rotatable bonds is 11. The van der Waals surface area contributed by atoms with Crippen molar-refractivity contribution in [2.75, 3.05) is 13.1 Å². The van der Waals surface area contributed by atoms with Crippen molar-refractivity contribution in [2.45, 2.75) is 57.2 Å². The van der Waals surface area contributed by atoms with Gasteiger partial charge in [-0.25, -0.2) is 0 Å². The van der Waals surface area contributed by atoms with Gasteiger partial charge >= 0.3 is 12.1 Å². The largest absolute Gasteiger partial charge is 0.548 e. The van der Waals surface area contributed by atoms with Crippen molar-refractivity contribution in [3.63, 3.8) is 0 Å². The molecule has 1 unspecified atom stereocenters. The van der Waals surface area contributed by atoms with E-state index in [9.17, 15) is 32.7 Å². The van der Waals surface area contributed by atoms with Crippen LogP contribution in [0.5, 0.6) is 0 Å². The summed E-state index contributed by atoms with van der Waals surface area (Å²) in [7, 11) is 0. The molecule has 0 bridgehead atoms. The van der Waals surface area contributed by atoms with Gasteiger partial charge in [-0.05, 0) is 45.2 Å². The highest BCUT2D eigenvalue weighted by molar-refractivity contribution is 6.01. The van der Waals surface area contributed by atoms with E-state index in [1.807, 2.05) is 0 Å². The van der Waals surface area contributed by atoms with Crippen LogP contribution in [0.4, 0.5) is 13.2 Å². The standard InChI is InChI=1S/C14H24F3N3O4/c15-14(16,17)13(24)20(11(21)7-2-1-4-8-18)10(12(22)23)6-3-5-9-19/h10H,1-9,18-19H2,(H,22,23)/p-1. The van der Waals surface area contributed by atoms with Gasteiger partial charge in [-0.2, -0.15) is 13.2 Å². The second-order valence-corrected chi connectivity index (χ2v) is 5.29. The number of alkyl halides is 3. The Bertz CT molecular complexity index is 430. The molecule has 4 N–H and O–H groups in total. The third-order valence-electron chi connectivity index (χ3n) is 3.34. The zero-order valence-electron chi connectivity index (χ0n) is 13.3. The number of carbonyl (C=O) groups is 3. The second-order valence-electron chi connectivity index (χ2n) is 5.29. The highest BCUT2D eigenvalue weighted by atomic mass is 19.4. The number of nitrogens with zero attached hydrogens (tertiary/aromatic N) is 1. The van der Waals surface area contributed by atoms with E-state index in [1.165, 1.54) is 0 Å². The first-order valence-electron chi connectivity index (χ1n) is 7.71. The number of hydrogen-bond acceptors (Lipinski definition) is 6. The number of imide groups is 1. The maximum Gasteiger partial charge on any atom is 0.471 e. The lowest BCUT2D eigenvalue weighted by Gasteiger charge is -2.31. The number of carboxylic acids is 1. The highest BCUT2D eigenvalue weighted by Crippen LogP contribution is 2.23. The van der Waals surface area contributed by atoms with Gasteiger partial charge in [0.25, 0.3) is 0 Å². The van der Waals surface area contributed by atoms with Gasteiger partial charge in [0.2, 0.25) is 5.91 Å². The first-order chi connectivity index (χ1) is 11.2. The van der Waals surface area contributed by atoms with Crippen molar-refractivity contribution in [3.05, 3.63) is 0 Å². The molecule has 140 valence electrons. The maximum absolute atomic E-state index is 12.7. The van der Waals surface area contributed by atoms with Gasteiger partial charge in [-0.3, -0.25) is 14.5 Å². The van der Waals surface area contributed by atoms with Crippen LogP contribution >= 0.6 is 0 Å². The summed E-state index contributed by atoms with van der Waals surface area (Å²) in [5, 5.41) is 11.2. The topological polar surface area (TPSA) is 130 Å². The fourth-order valence-corrected chi connectivity index (χ4v) is 2.12. The Morgan fingerprint density at radius 3 is 1.96 bits per heavy atom. The molecule has 0 spiro atoms. The SMILES string of the molecule is NCCCCCC(=O)N(C(=O)C(F)(F)F)C(CCCCN)C(=O)[O-]. The summed E-state index contributed by atoms with van der Waals surface area (Å²) in [6.45, 7) is 0.570. The molecular formula is C14H23F3N3O4-. The van der Waals surface area contributed by atoms with Crippen LogP contribution in [0.15, 0.2) is 0 Å². The molecule has 0 saturated carbocycles. The molecule has 0 rings (SSSR count). The van der Waals surface area contributed by atoms with Crippen LogP contribution < -0.4 is 16.6 Å². The molecule has 0 aromatic rings. The Balaban J connectivity index is 5.23. The Morgan fingerprint density at radius 2 is 1.50 bits per heavy atom. The molecule has 0 aliphatic rings. The molecular weight excluding hydrogens is 331 g/mol. The van der Waals surface area contributed by atoms with E-state index in [0.717, 1.165) is 0 Å². The van der Waals surface area contributed by atoms with E-state index in [4.69, 9.17) is 11.5 Å². The quantitative estimate of drug-likeness (QED) is 0.489. The Hall–Kier alpha value is -1.68. The lowest BCUT2D eigenvalue weighted by Crippen LogP contribution is -2.56. The highest BCUT2D eigenvalue weighted by Gasteiger charge is 2.47.